The van der Waals surface area contributed by atoms with E-state index in [1.807, 2.05) is 6.92 Å². The van der Waals surface area contributed by atoms with Gasteiger partial charge in [-0.1, -0.05) is 13.8 Å². The van der Waals surface area contributed by atoms with Crippen molar-refractivity contribution < 1.29 is 23.8 Å². The van der Waals surface area contributed by atoms with Gasteiger partial charge in [0, 0.05) is 13.0 Å². The standard InChI is InChI=1S/C14H24FNO4/c1-10(2)8-11(3)20-7-4-12(17)16-6-5-14(15,9-16)13(18)19/h10-11H,4-9H2,1-3H3,(H,18,19). The highest BCUT2D eigenvalue weighted by molar-refractivity contribution is 5.82. The lowest BCUT2D eigenvalue weighted by Crippen LogP contribution is -2.39. The van der Waals surface area contributed by atoms with Gasteiger partial charge in [0.1, 0.15) is 0 Å². The first kappa shape index (κ1) is 16.9. The summed E-state index contributed by atoms with van der Waals surface area (Å²) in [6.45, 7) is 6.24. The minimum atomic E-state index is -2.29. The van der Waals surface area contributed by atoms with Gasteiger partial charge in [-0.25, -0.2) is 9.18 Å². The minimum absolute atomic E-state index is 0.0839. The topological polar surface area (TPSA) is 66.8 Å². The average Bonchev–Trinajstić information content (AvgIpc) is 2.72. The number of amides is 1. The lowest BCUT2D eigenvalue weighted by molar-refractivity contribution is -0.150. The second-order valence-corrected chi connectivity index (χ2v) is 5.90. The van der Waals surface area contributed by atoms with Gasteiger partial charge in [0.15, 0.2) is 0 Å². The molecule has 2 unspecified atom stereocenters. The zero-order valence-electron chi connectivity index (χ0n) is 12.4. The Morgan fingerprint density at radius 3 is 2.55 bits per heavy atom. The van der Waals surface area contributed by atoms with Crippen molar-refractivity contribution >= 4 is 11.9 Å². The number of hydrogen-bond acceptors (Lipinski definition) is 3. The summed E-state index contributed by atoms with van der Waals surface area (Å²) in [5, 5.41) is 8.77. The molecule has 1 saturated heterocycles. The van der Waals surface area contributed by atoms with Crippen molar-refractivity contribution in [1.29, 1.82) is 0 Å². The molecule has 0 aromatic carbocycles. The number of likely N-dealkylation sites (tertiary alicyclic amines) is 1. The van der Waals surface area contributed by atoms with Gasteiger partial charge in [-0.15, -0.1) is 0 Å². The fraction of sp³-hybridized carbons (Fsp3) is 0.857. The van der Waals surface area contributed by atoms with E-state index >= 15 is 0 Å². The van der Waals surface area contributed by atoms with Crippen LogP contribution in [-0.4, -0.2) is 53.4 Å². The number of carboxylic acid groups (broad SMARTS) is 1. The Hall–Kier alpha value is -1.17. The number of halogens is 1. The summed E-state index contributed by atoms with van der Waals surface area (Å²) in [6.07, 6.45) is 1.03. The molecule has 0 aromatic rings. The molecule has 1 amide bonds. The van der Waals surface area contributed by atoms with Crippen LogP contribution in [0.25, 0.3) is 0 Å². The third-order valence-corrected chi connectivity index (χ3v) is 3.48. The van der Waals surface area contributed by atoms with Crippen LogP contribution in [0.4, 0.5) is 4.39 Å². The van der Waals surface area contributed by atoms with Gasteiger partial charge in [-0.2, -0.15) is 0 Å². The van der Waals surface area contributed by atoms with Crippen molar-refractivity contribution in [3.63, 3.8) is 0 Å². The monoisotopic (exact) mass is 289 g/mol. The molecule has 2 atom stereocenters. The molecule has 0 aromatic heterocycles. The summed E-state index contributed by atoms with van der Waals surface area (Å²) in [5.74, 6) is -1.21. The van der Waals surface area contributed by atoms with Crippen molar-refractivity contribution in [2.45, 2.75) is 51.8 Å². The summed E-state index contributed by atoms with van der Waals surface area (Å²) >= 11 is 0. The largest absolute Gasteiger partial charge is 0.479 e. The molecule has 20 heavy (non-hydrogen) atoms. The number of ether oxygens (including phenoxy) is 1. The van der Waals surface area contributed by atoms with Crippen LogP contribution >= 0.6 is 0 Å². The highest BCUT2D eigenvalue weighted by Crippen LogP contribution is 2.26. The van der Waals surface area contributed by atoms with Crippen molar-refractivity contribution in [1.82, 2.24) is 4.90 Å². The molecule has 1 aliphatic rings. The molecule has 0 radical (unpaired) electrons. The molecule has 1 aliphatic heterocycles. The van der Waals surface area contributed by atoms with Crippen molar-refractivity contribution in [2.24, 2.45) is 5.92 Å². The van der Waals surface area contributed by atoms with E-state index in [1.54, 1.807) is 0 Å². The number of aliphatic carboxylic acids is 1. The zero-order valence-corrected chi connectivity index (χ0v) is 12.4. The summed E-state index contributed by atoms with van der Waals surface area (Å²) < 4.78 is 19.3. The SMILES string of the molecule is CC(C)CC(C)OCCC(=O)N1CCC(F)(C(=O)O)C1. The Labute approximate surface area is 119 Å². The molecule has 0 spiro atoms. The molecular formula is C14H24FNO4. The van der Waals surface area contributed by atoms with Crippen molar-refractivity contribution in [2.75, 3.05) is 19.7 Å². The van der Waals surface area contributed by atoms with E-state index in [-0.39, 0.29) is 44.5 Å². The van der Waals surface area contributed by atoms with E-state index in [2.05, 4.69) is 13.8 Å². The summed E-state index contributed by atoms with van der Waals surface area (Å²) in [4.78, 5) is 23.9. The first-order chi connectivity index (χ1) is 9.24. The molecule has 6 heteroatoms. The normalized spacial score (nSPS) is 24.1. The van der Waals surface area contributed by atoms with Gasteiger partial charge in [0.05, 0.1) is 25.7 Å². The highest BCUT2D eigenvalue weighted by Gasteiger charge is 2.46. The van der Waals surface area contributed by atoms with Crippen molar-refractivity contribution in [3.05, 3.63) is 0 Å². The predicted octanol–water partition coefficient (Wildman–Crippen LogP) is 1.85. The lowest BCUT2D eigenvalue weighted by atomic mass is 10.1. The quantitative estimate of drug-likeness (QED) is 0.776. The molecule has 1 fully saturated rings. The molecule has 5 nitrogen and oxygen atoms in total. The third-order valence-electron chi connectivity index (χ3n) is 3.48. The Balaban J connectivity index is 2.29. The number of alkyl halides is 1. The molecule has 1 N–H and O–H groups in total. The predicted molar refractivity (Wildman–Crippen MR) is 72.2 cm³/mol. The number of carbonyl (C=O) groups excluding carboxylic acids is 1. The average molecular weight is 289 g/mol. The lowest BCUT2D eigenvalue weighted by Gasteiger charge is -2.19. The third kappa shape index (κ3) is 4.74. The molecule has 1 heterocycles. The summed E-state index contributed by atoms with van der Waals surface area (Å²) in [5.41, 5.74) is -2.29. The first-order valence-corrected chi connectivity index (χ1v) is 7.06. The van der Waals surface area contributed by atoms with Gasteiger partial charge in [-0.3, -0.25) is 4.79 Å². The Kier molecular flexibility index (Phi) is 5.92. The van der Waals surface area contributed by atoms with Gasteiger partial charge in [-0.05, 0) is 19.3 Å². The first-order valence-electron chi connectivity index (χ1n) is 7.06. The molecule has 1 rings (SSSR count). The number of rotatable bonds is 7. The number of nitrogens with zero attached hydrogens (tertiary/aromatic N) is 1. The van der Waals surface area contributed by atoms with Gasteiger partial charge in [0.25, 0.3) is 0 Å². The van der Waals surface area contributed by atoms with Crippen LogP contribution in [0.15, 0.2) is 0 Å². The molecule has 0 bridgehead atoms. The van der Waals surface area contributed by atoms with E-state index in [1.165, 1.54) is 4.90 Å². The van der Waals surface area contributed by atoms with Crippen LogP contribution in [0.5, 0.6) is 0 Å². The van der Waals surface area contributed by atoms with Gasteiger partial charge < -0.3 is 14.7 Å². The Morgan fingerprint density at radius 1 is 1.40 bits per heavy atom. The highest BCUT2D eigenvalue weighted by atomic mass is 19.1. The van der Waals surface area contributed by atoms with Crippen LogP contribution in [-0.2, 0) is 14.3 Å². The number of carbonyl (C=O) groups is 2. The second-order valence-electron chi connectivity index (χ2n) is 5.90. The fourth-order valence-corrected chi connectivity index (χ4v) is 2.40. The van der Waals surface area contributed by atoms with E-state index in [9.17, 15) is 14.0 Å². The molecule has 0 saturated carbocycles. The zero-order chi connectivity index (χ0) is 15.3. The molecular weight excluding hydrogens is 265 g/mol. The van der Waals surface area contributed by atoms with Gasteiger partial charge >= 0.3 is 5.97 Å². The van der Waals surface area contributed by atoms with E-state index < -0.39 is 11.6 Å². The van der Waals surface area contributed by atoms with Crippen LogP contribution in [0, 0.1) is 5.92 Å². The van der Waals surface area contributed by atoms with Gasteiger partial charge in [0.2, 0.25) is 11.6 Å². The number of carboxylic acids is 1. The Morgan fingerprint density at radius 2 is 2.05 bits per heavy atom. The summed E-state index contributed by atoms with van der Waals surface area (Å²) in [7, 11) is 0. The molecule has 0 aliphatic carbocycles. The smallest absolute Gasteiger partial charge is 0.343 e. The maximum absolute atomic E-state index is 13.8. The molecule has 116 valence electrons. The maximum atomic E-state index is 13.8. The second kappa shape index (κ2) is 7.02. The van der Waals surface area contributed by atoms with Crippen LogP contribution < -0.4 is 0 Å². The van der Waals surface area contributed by atoms with Crippen molar-refractivity contribution in [3.8, 4) is 0 Å². The summed E-state index contributed by atoms with van der Waals surface area (Å²) in [6, 6.07) is 0. The van der Waals surface area contributed by atoms with E-state index in [0.717, 1.165) is 6.42 Å². The maximum Gasteiger partial charge on any atom is 0.343 e. The van der Waals surface area contributed by atoms with E-state index in [4.69, 9.17) is 9.84 Å². The minimum Gasteiger partial charge on any atom is -0.479 e. The van der Waals surface area contributed by atoms with E-state index in [0.29, 0.717) is 5.92 Å². The Bertz CT molecular complexity index is 361. The van der Waals surface area contributed by atoms with Crippen LogP contribution in [0.1, 0.15) is 40.0 Å². The fourth-order valence-electron chi connectivity index (χ4n) is 2.40. The number of hydrogen-bond donors (Lipinski definition) is 1. The van der Waals surface area contributed by atoms with Crippen LogP contribution in [0.3, 0.4) is 0 Å². The van der Waals surface area contributed by atoms with Crippen LogP contribution in [0.2, 0.25) is 0 Å².